The molecule has 2 N–H and O–H groups in total. The summed E-state index contributed by atoms with van der Waals surface area (Å²) in [5, 5.41) is 4.29. The molecule has 1 unspecified atom stereocenters. The third-order valence-electron chi connectivity index (χ3n) is 3.98. The van der Waals surface area contributed by atoms with Gasteiger partial charge in [0.2, 0.25) is 0 Å². The number of aromatic nitrogens is 2. The predicted octanol–water partition coefficient (Wildman–Crippen LogP) is 1.93. The molecule has 4 nitrogen and oxygen atoms in total. The van der Waals surface area contributed by atoms with Gasteiger partial charge in [-0.25, -0.2) is 0 Å². The van der Waals surface area contributed by atoms with Crippen LogP contribution in [0.3, 0.4) is 0 Å². The maximum atomic E-state index is 6.00. The van der Waals surface area contributed by atoms with E-state index in [2.05, 4.69) is 41.3 Å². The Kier molecular flexibility index (Phi) is 3.59. The molecule has 2 heterocycles. The quantitative estimate of drug-likeness (QED) is 0.927. The maximum Gasteiger partial charge on any atom is 0.0568 e. The van der Waals surface area contributed by atoms with Gasteiger partial charge in [-0.3, -0.25) is 9.58 Å². The number of hydrogen-bond acceptors (Lipinski definition) is 3. The summed E-state index contributed by atoms with van der Waals surface area (Å²) in [6.07, 6.45) is 5.12. The van der Waals surface area contributed by atoms with Crippen LogP contribution in [0.25, 0.3) is 11.1 Å². The molecule has 1 saturated heterocycles. The van der Waals surface area contributed by atoms with Crippen LogP contribution in [0.5, 0.6) is 0 Å². The first-order chi connectivity index (χ1) is 9.61. The highest BCUT2D eigenvalue weighted by Gasteiger charge is 2.20. The Morgan fingerprint density at radius 3 is 2.90 bits per heavy atom. The molecule has 0 radical (unpaired) electrons. The van der Waals surface area contributed by atoms with Gasteiger partial charge in [0.15, 0.2) is 0 Å². The number of hydrogen-bond donors (Lipinski definition) is 1. The first-order valence-corrected chi connectivity index (χ1v) is 7.18. The Morgan fingerprint density at radius 2 is 2.25 bits per heavy atom. The second-order valence-corrected chi connectivity index (χ2v) is 5.85. The highest BCUT2D eigenvalue weighted by atomic mass is 15.2. The van der Waals surface area contributed by atoms with Crippen molar-refractivity contribution in [2.75, 3.05) is 13.1 Å². The molecule has 2 aromatic rings. The second-order valence-electron chi connectivity index (χ2n) is 5.85. The average molecular weight is 270 g/mol. The standard InChI is InChI=1S/C16H22N4/c1-12-3-4-13(10-20-6-5-15(17)11-20)16(7-12)14-8-18-19(2)9-14/h3-4,7-9,15H,5-6,10-11,17H2,1-2H3. The lowest BCUT2D eigenvalue weighted by Gasteiger charge is -2.18. The molecule has 4 heteroatoms. The van der Waals surface area contributed by atoms with Crippen LogP contribution in [0, 0.1) is 6.92 Å². The molecule has 1 aromatic carbocycles. The van der Waals surface area contributed by atoms with E-state index in [1.807, 2.05) is 17.9 Å². The lowest BCUT2D eigenvalue weighted by atomic mass is 9.99. The fraction of sp³-hybridized carbons (Fsp3) is 0.438. The van der Waals surface area contributed by atoms with Gasteiger partial charge in [0.1, 0.15) is 0 Å². The van der Waals surface area contributed by atoms with Crippen molar-refractivity contribution in [2.24, 2.45) is 12.8 Å². The topological polar surface area (TPSA) is 47.1 Å². The number of rotatable bonds is 3. The molecule has 0 spiro atoms. The molecule has 1 aliphatic heterocycles. The molecule has 0 aliphatic carbocycles. The van der Waals surface area contributed by atoms with Crippen molar-refractivity contribution >= 4 is 0 Å². The van der Waals surface area contributed by atoms with E-state index in [-0.39, 0.29) is 0 Å². The SMILES string of the molecule is Cc1ccc(CN2CCC(N)C2)c(-c2cnn(C)c2)c1. The number of benzene rings is 1. The van der Waals surface area contributed by atoms with E-state index >= 15 is 0 Å². The van der Waals surface area contributed by atoms with Gasteiger partial charge in [-0.1, -0.05) is 23.8 Å². The number of aryl methyl sites for hydroxylation is 2. The largest absolute Gasteiger partial charge is 0.326 e. The molecular formula is C16H22N4. The van der Waals surface area contributed by atoms with Crippen LogP contribution in [-0.4, -0.2) is 33.8 Å². The normalized spacial score (nSPS) is 19.6. The third-order valence-corrected chi connectivity index (χ3v) is 3.98. The summed E-state index contributed by atoms with van der Waals surface area (Å²) in [7, 11) is 1.96. The van der Waals surface area contributed by atoms with Crippen LogP contribution in [0.2, 0.25) is 0 Å². The van der Waals surface area contributed by atoms with Crippen molar-refractivity contribution < 1.29 is 0 Å². The Balaban J connectivity index is 1.90. The van der Waals surface area contributed by atoms with Crippen LogP contribution in [-0.2, 0) is 13.6 Å². The van der Waals surface area contributed by atoms with Crippen LogP contribution in [0.4, 0.5) is 0 Å². The highest BCUT2D eigenvalue weighted by Crippen LogP contribution is 2.26. The van der Waals surface area contributed by atoms with Crippen molar-refractivity contribution in [3.05, 3.63) is 41.7 Å². The van der Waals surface area contributed by atoms with E-state index in [1.54, 1.807) is 0 Å². The number of nitrogens with two attached hydrogens (primary N) is 1. The van der Waals surface area contributed by atoms with Crippen LogP contribution >= 0.6 is 0 Å². The molecule has 0 saturated carbocycles. The monoisotopic (exact) mass is 270 g/mol. The molecule has 0 bridgehead atoms. The minimum Gasteiger partial charge on any atom is -0.326 e. The van der Waals surface area contributed by atoms with E-state index in [0.29, 0.717) is 6.04 Å². The Bertz CT molecular complexity index is 602. The number of likely N-dealkylation sites (tertiary alicyclic amines) is 1. The zero-order valence-electron chi connectivity index (χ0n) is 12.2. The van der Waals surface area contributed by atoms with E-state index in [0.717, 1.165) is 26.1 Å². The zero-order chi connectivity index (χ0) is 14.1. The van der Waals surface area contributed by atoms with Gasteiger partial charge in [-0.15, -0.1) is 0 Å². The maximum absolute atomic E-state index is 6.00. The first kappa shape index (κ1) is 13.3. The van der Waals surface area contributed by atoms with Crippen LogP contribution < -0.4 is 5.73 Å². The Morgan fingerprint density at radius 1 is 1.40 bits per heavy atom. The minimum absolute atomic E-state index is 0.335. The summed E-state index contributed by atoms with van der Waals surface area (Å²) in [4.78, 5) is 2.44. The van der Waals surface area contributed by atoms with E-state index in [1.165, 1.54) is 22.3 Å². The molecule has 0 amide bonds. The van der Waals surface area contributed by atoms with Crippen molar-refractivity contribution in [1.29, 1.82) is 0 Å². The van der Waals surface area contributed by atoms with Gasteiger partial charge in [0.05, 0.1) is 6.20 Å². The Hall–Kier alpha value is -1.65. The molecule has 20 heavy (non-hydrogen) atoms. The lowest BCUT2D eigenvalue weighted by Crippen LogP contribution is -2.26. The third kappa shape index (κ3) is 2.76. The highest BCUT2D eigenvalue weighted by molar-refractivity contribution is 5.66. The second kappa shape index (κ2) is 5.38. The minimum atomic E-state index is 0.335. The fourth-order valence-electron chi connectivity index (χ4n) is 2.90. The average Bonchev–Trinajstić information content (AvgIpc) is 3.01. The van der Waals surface area contributed by atoms with Gasteiger partial charge in [0, 0.05) is 44.5 Å². The predicted molar refractivity (Wildman–Crippen MR) is 81.3 cm³/mol. The van der Waals surface area contributed by atoms with Crippen LogP contribution in [0.15, 0.2) is 30.6 Å². The molecule has 1 aliphatic rings. The van der Waals surface area contributed by atoms with Crippen molar-refractivity contribution in [2.45, 2.75) is 25.9 Å². The van der Waals surface area contributed by atoms with Gasteiger partial charge in [-0.2, -0.15) is 5.10 Å². The fourth-order valence-corrected chi connectivity index (χ4v) is 2.90. The molecule has 3 rings (SSSR count). The van der Waals surface area contributed by atoms with E-state index in [9.17, 15) is 0 Å². The lowest BCUT2D eigenvalue weighted by molar-refractivity contribution is 0.327. The van der Waals surface area contributed by atoms with Gasteiger partial charge < -0.3 is 5.73 Å². The van der Waals surface area contributed by atoms with Crippen molar-refractivity contribution in [1.82, 2.24) is 14.7 Å². The summed E-state index contributed by atoms with van der Waals surface area (Å²) < 4.78 is 1.85. The molecule has 106 valence electrons. The van der Waals surface area contributed by atoms with E-state index in [4.69, 9.17) is 5.73 Å². The summed E-state index contributed by atoms with van der Waals surface area (Å²) in [6.45, 7) is 5.20. The van der Waals surface area contributed by atoms with Crippen molar-refractivity contribution in [3.63, 3.8) is 0 Å². The molecule has 1 atom stereocenters. The summed E-state index contributed by atoms with van der Waals surface area (Å²) in [5.41, 5.74) is 11.1. The summed E-state index contributed by atoms with van der Waals surface area (Å²) in [6, 6.07) is 7.01. The zero-order valence-corrected chi connectivity index (χ0v) is 12.2. The van der Waals surface area contributed by atoms with Gasteiger partial charge >= 0.3 is 0 Å². The Labute approximate surface area is 120 Å². The number of nitrogens with zero attached hydrogens (tertiary/aromatic N) is 3. The van der Waals surface area contributed by atoms with E-state index < -0.39 is 0 Å². The summed E-state index contributed by atoms with van der Waals surface area (Å²) >= 11 is 0. The molecular weight excluding hydrogens is 248 g/mol. The summed E-state index contributed by atoms with van der Waals surface area (Å²) in [5.74, 6) is 0. The van der Waals surface area contributed by atoms with Gasteiger partial charge in [-0.05, 0) is 24.5 Å². The van der Waals surface area contributed by atoms with Gasteiger partial charge in [0.25, 0.3) is 0 Å². The van der Waals surface area contributed by atoms with Crippen molar-refractivity contribution in [3.8, 4) is 11.1 Å². The first-order valence-electron chi connectivity index (χ1n) is 7.18. The molecule has 1 fully saturated rings. The van der Waals surface area contributed by atoms with Crippen LogP contribution in [0.1, 0.15) is 17.5 Å². The molecule has 1 aromatic heterocycles. The smallest absolute Gasteiger partial charge is 0.0568 e.